The highest BCUT2D eigenvalue weighted by Gasteiger charge is 2.33. The van der Waals surface area contributed by atoms with Crippen LogP contribution in [-0.4, -0.2) is 50.3 Å². The molecular weight excluding hydrogens is 202 g/mol. The Morgan fingerprint density at radius 2 is 2.12 bits per heavy atom. The topological polar surface area (TPSA) is 48.3 Å². The summed E-state index contributed by atoms with van der Waals surface area (Å²) >= 11 is 0. The molecule has 0 aromatic rings. The van der Waals surface area contributed by atoms with E-state index < -0.39 is 0 Å². The molecule has 1 aliphatic heterocycles. The van der Waals surface area contributed by atoms with Crippen LogP contribution in [0.5, 0.6) is 0 Å². The van der Waals surface area contributed by atoms with Gasteiger partial charge in [-0.05, 0) is 25.8 Å². The molecule has 0 bridgehead atoms. The summed E-state index contributed by atoms with van der Waals surface area (Å²) in [6.45, 7) is 6.84. The van der Waals surface area contributed by atoms with Gasteiger partial charge in [0.05, 0.1) is 12.7 Å². The van der Waals surface area contributed by atoms with Gasteiger partial charge in [-0.2, -0.15) is 5.26 Å². The first-order valence-electron chi connectivity index (χ1n) is 6.14. The maximum atomic E-state index is 9.29. The average molecular weight is 225 g/mol. The Balaban J connectivity index is 2.36. The van der Waals surface area contributed by atoms with Crippen molar-refractivity contribution in [2.24, 2.45) is 0 Å². The fraction of sp³-hybridized carbons (Fsp3) is 0.917. The van der Waals surface area contributed by atoms with Gasteiger partial charge >= 0.3 is 0 Å². The Labute approximate surface area is 98.6 Å². The van der Waals surface area contributed by atoms with E-state index in [0.717, 1.165) is 39.0 Å². The molecule has 0 atom stereocenters. The highest BCUT2D eigenvalue weighted by atomic mass is 16.5. The van der Waals surface area contributed by atoms with Crippen LogP contribution in [0.3, 0.4) is 0 Å². The fourth-order valence-corrected chi connectivity index (χ4v) is 2.20. The van der Waals surface area contributed by atoms with Crippen LogP contribution >= 0.6 is 0 Å². The van der Waals surface area contributed by atoms with Crippen LogP contribution in [-0.2, 0) is 4.74 Å². The lowest BCUT2D eigenvalue weighted by atomic mass is 9.89. The number of nitrogens with zero attached hydrogens (tertiary/aromatic N) is 2. The Morgan fingerprint density at radius 3 is 2.62 bits per heavy atom. The maximum Gasteiger partial charge on any atom is 0.109 e. The molecule has 0 spiro atoms. The van der Waals surface area contributed by atoms with Crippen LogP contribution in [0.25, 0.3) is 0 Å². The highest BCUT2D eigenvalue weighted by molar-refractivity contribution is 5.09. The molecule has 1 N–H and O–H groups in total. The van der Waals surface area contributed by atoms with Gasteiger partial charge < -0.3 is 9.64 Å². The minimum absolute atomic E-state index is 0.317. The smallest absolute Gasteiger partial charge is 0.109 e. The van der Waals surface area contributed by atoms with E-state index in [4.69, 9.17) is 4.74 Å². The van der Waals surface area contributed by atoms with Gasteiger partial charge in [-0.3, -0.25) is 5.32 Å². The van der Waals surface area contributed by atoms with Crippen molar-refractivity contribution in [1.82, 2.24) is 10.2 Å². The second kappa shape index (κ2) is 6.85. The summed E-state index contributed by atoms with van der Waals surface area (Å²) in [6.07, 6.45) is 3.04. The molecule has 0 amide bonds. The van der Waals surface area contributed by atoms with Crippen LogP contribution in [0.15, 0.2) is 0 Å². The summed E-state index contributed by atoms with van der Waals surface area (Å²) in [6, 6.07) is 2.45. The Bertz CT molecular complexity index is 229. The molecule has 16 heavy (non-hydrogen) atoms. The third kappa shape index (κ3) is 3.75. The van der Waals surface area contributed by atoms with Gasteiger partial charge in [0.2, 0.25) is 0 Å². The third-order valence-corrected chi connectivity index (χ3v) is 3.23. The molecule has 1 rings (SSSR count). The molecule has 0 unspecified atom stereocenters. The van der Waals surface area contributed by atoms with Crippen LogP contribution in [0.2, 0.25) is 0 Å². The molecule has 0 radical (unpaired) electrons. The molecule has 1 fully saturated rings. The van der Waals surface area contributed by atoms with Crippen LogP contribution in [0.1, 0.15) is 26.2 Å². The number of ether oxygens (including phenoxy) is 1. The monoisotopic (exact) mass is 225 g/mol. The minimum atomic E-state index is -0.317. The highest BCUT2D eigenvalue weighted by Crippen LogP contribution is 2.21. The number of methoxy groups -OCH3 is 1. The molecule has 4 nitrogen and oxygen atoms in total. The summed E-state index contributed by atoms with van der Waals surface area (Å²) < 4.78 is 5.00. The van der Waals surface area contributed by atoms with Gasteiger partial charge in [0, 0.05) is 26.7 Å². The van der Waals surface area contributed by atoms with E-state index >= 15 is 0 Å². The summed E-state index contributed by atoms with van der Waals surface area (Å²) in [5.41, 5.74) is -0.317. The van der Waals surface area contributed by atoms with E-state index in [-0.39, 0.29) is 5.54 Å². The molecule has 92 valence electrons. The van der Waals surface area contributed by atoms with Gasteiger partial charge in [0.25, 0.3) is 0 Å². The number of nitriles is 1. The van der Waals surface area contributed by atoms with Crippen molar-refractivity contribution in [3.8, 4) is 6.07 Å². The zero-order valence-corrected chi connectivity index (χ0v) is 10.5. The van der Waals surface area contributed by atoms with E-state index in [9.17, 15) is 5.26 Å². The largest absolute Gasteiger partial charge is 0.383 e. The first-order valence-corrected chi connectivity index (χ1v) is 6.14. The molecule has 0 aromatic heterocycles. The van der Waals surface area contributed by atoms with Crippen LogP contribution in [0.4, 0.5) is 0 Å². The second-order valence-electron chi connectivity index (χ2n) is 4.46. The number of hydrogen-bond donors (Lipinski definition) is 1. The molecule has 1 saturated heterocycles. The average Bonchev–Trinajstić information content (AvgIpc) is 2.32. The van der Waals surface area contributed by atoms with Gasteiger partial charge in [0.1, 0.15) is 5.54 Å². The van der Waals surface area contributed by atoms with Gasteiger partial charge in [-0.15, -0.1) is 0 Å². The van der Waals surface area contributed by atoms with Gasteiger partial charge in [-0.1, -0.05) is 6.92 Å². The summed E-state index contributed by atoms with van der Waals surface area (Å²) in [7, 11) is 1.69. The molecule has 1 heterocycles. The van der Waals surface area contributed by atoms with Crippen molar-refractivity contribution in [3.05, 3.63) is 0 Å². The van der Waals surface area contributed by atoms with E-state index in [1.165, 1.54) is 6.42 Å². The summed E-state index contributed by atoms with van der Waals surface area (Å²) in [4.78, 5) is 2.44. The van der Waals surface area contributed by atoms with Crippen molar-refractivity contribution >= 4 is 0 Å². The molecule has 0 aromatic carbocycles. The predicted molar refractivity (Wildman–Crippen MR) is 64.2 cm³/mol. The SMILES string of the molecule is CCCN1CCC(C#N)(NCCOC)CC1. The standard InChI is InChI=1S/C12H23N3O/c1-3-7-15-8-4-12(11-13,5-9-15)14-6-10-16-2/h14H,3-10H2,1-2H3. The quantitative estimate of drug-likeness (QED) is 0.685. The number of nitrogens with one attached hydrogen (secondary N) is 1. The van der Waals surface area contributed by atoms with Crippen molar-refractivity contribution in [1.29, 1.82) is 5.26 Å². The van der Waals surface area contributed by atoms with E-state index in [2.05, 4.69) is 23.2 Å². The first-order chi connectivity index (χ1) is 7.76. The lowest BCUT2D eigenvalue weighted by molar-refractivity contribution is 0.148. The Morgan fingerprint density at radius 1 is 1.44 bits per heavy atom. The fourth-order valence-electron chi connectivity index (χ4n) is 2.20. The Kier molecular flexibility index (Phi) is 5.75. The van der Waals surface area contributed by atoms with Crippen molar-refractivity contribution < 1.29 is 4.74 Å². The van der Waals surface area contributed by atoms with Crippen LogP contribution < -0.4 is 5.32 Å². The molecule has 0 saturated carbocycles. The lowest BCUT2D eigenvalue weighted by Gasteiger charge is -2.37. The number of hydrogen-bond acceptors (Lipinski definition) is 4. The zero-order valence-electron chi connectivity index (χ0n) is 10.5. The van der Waals surface area contributed by atoms with E-state index in [1.807, 2.05) is 0 Å². The van der Waals surface area contributed by atoms with Crippen LogP contribution in [0, 0.1) is 11.3 Å². The first kappa shape index (κ1) is 13.4. The van der Waals surface area contributed by atoms with Gasteiger partial charge in [0.15, 0.2) is 0 Å². The van der Waals surface area contributed by atoms with E-state index in [0.29, 0.717) is 6.61 Å². The number of rotatable bonds is 6. The minimum Gasteiger partial charge on any atom is -0.383 e. The molecule has 0 aliphatic carbocycles. The molecular formula is C12H23N3O. The van der Waals surface area contributed by atoms with Gasteiger partial charge in [-0.25, -0.2) is 0 Å². The van der Waals surface area contributed by atoms with Crippen molar-refractivity contribution in [2.45, 2.75) is 31.7 Å². The Hall–Kier alpha value is -0.630. The zero-order chi connectivity index (χ0) is 11.9. The second-order valence-corrected chi connectivity index (χ2v) is 4.46. The normalized spacial score (nSPS) is 20.6. The molecule has 1 aliphatic rings. The number of piperidine rings is 1. The summed E-state index contributed by atoms with van der Waals surface area (Å²) in [5.74, 6) is 0. The number of likely N-dealkylation sites (tertiary alicyclic amines) is 1. The van der Waals surface area contributed by atoms with Crippen molar-refractivity contribution in [3.63, 3.8) is 0 Å². The lowest BCUT2D eigenvalue weighted by Crippen LogP contribution is -2.53. The molecule has 4 heteroatoms. The maximum absolute atomic E-state index is 9.29. The third-order valence-electron chi connectivity index (χ3n) is 3.23. The van der Waals surface area contributed by atoms with E-state index in [1.54, 1.807) is 7.11 Å². The predicted octanol–water partition coefficient (Wildman–Crippen LogP) is 0.991. The van der Waals surface area contributed by atoms with Crippen molar-refractivity contribution in [2.75, 3.05) is 39.9 Å². The summed E-state index contributed by atoms with van der Waals surface area (Å²) in [5, 5.41) is 12.6.